The Labute approximate surface area is 106 Å². The lowest BCUT2D eigenvalue weighted by Gasteiger charge is -2.15. The first-order chi connectivity index (χ1) is 8.69. The van der Waals surface area contributed by atoms with Crippen molar-refractivity contribution in [3.05, 3.63) is 41.9 Å². The van der Waals surface area contributed by atoms with E-state index < -0.39 is 0 Å². The fourth-order valence-electron chi connectivity index (χ4n) is 1.66. The molecule has 1 atom stereocenters. The quantitative estimate of drug-likeness (QED) is 0.559. The second-order valence-corrected chi connectivity index (χ2v) is 4.01. The van der Waals surface area contributed by atoms with Crippen LogP contribution in [0.3, 0.4) is 0 Å². The molecule has 0 aliphatic carbocycles. The van der Waals surface area contributed by atoms with Gasteiger partial charge in [0.2, 0.25) is 5.95 Å². The van der Waals surface area contributed by atoms with Crippen LogP contribution in [-0.4, -0.2) is 15.0 Å². The number of nitrogens with zero attached hydrogens (tertiary/aromatic N) is 3. The second-order valence-electron chi connectivity index (χ2n) is 4.01. The first kappa shape index (κ1) is 12.3. The van der Waals surface area contributed by atoms with Crippen molar-refractivity contribution in [2.24, 2.45) is 5.84 Å². The molecule has 4 N–H and O–H groups in total. The summed E-state index contributed by atoms with van der Waals surface area (Å²) in [4.78, 5) is 12.4. The highest BCUT2D eigenvalue weighted by Crippen LogP contribution is 2.18. The number of nitrogens with two attached hydrogens (primary N) is 1. The molecule has 0 bridgehead atoms. The Balaban J connectivity index is 2.16. The van der Waals surface area contributed by atoms with Crippen LogP contribution in [0.5, 0.6) is 0 Å². The smallest absolute Gasteiger partial charge is 0.239 e. The molecule has 2 aromatic rings. The van der Waals surface area contributed by atoms with E-state index in [1.807, 2.05) is 25.1 Å². The van der Waals surface area contributed by atoms with Gasteiger partial charge < -0.3 is 5.32 Å². The fourth-order valence-corrected chi connectivity index (χ4v) is 1.66. The third-order valence-electron chi connectivity index (χ3n) is 2.55. The van der Waals surface area contributed by atoms with Crippen molar-refractivity contribution in [1.29, 1.82) is 0 Å². The largest absolute Gasteiger partial charge is 0.363 e. The Morgan fingerprint density at radius 1 is 1.22 bits per heavy atom. The molecule has 0 aliphatic rings. The van der Waals surface area contributed by atoms with Crippen LogP contribution in [0.25, 0.3) is 0 Å². The van der Waals surface area contributed by atoms with Crippen LogP contribution in [0.2, 0.25) is 0 Å². The van der Waals surface area contributed by atoms with Gasteiger partial charge >= 0.3 is 0 Å². The predicted molar refractivity (Wildman–Crippen MR) is 70.9 cm³/mol. The van der Waals surface area contributed by atoms with Gasteiger partial charge in [0.25, 0.3) is 0 Å². The number of hydrogen-bond donors (Lipinski definition) is 3. The lowest BCUT2D eigenvalue weighted by Crippen LogP contribution is -2.14. The van der Waals surface area contributed by atoms with Crippen LogP contribution >= 0.6 is 0 Å². The minimum atomic E-state index is 0.132. The number of nitrogen functional groups attached to an aromatic ring is 1. The van der Waals surface area contributed by atoms with E-state index in [1.54, 1.807) is 12.4 Å². The molecule has 18 heavy (non-hydrogen) atoms. The molecule has 2 aromatic heterocycles. The fraction of sp³-hybridized carbons (Fsp3) is 0.250. The molecule has 0 fully saturated rings. The molecule has 0 spiro atoms. The minimum Gasteiger partial charge on any atom is -0.363 e. The number of pyridine rings is 1. The number of hydrogen-bond acceptors (Lipinski definition) is 6. The topological polar surface area (TPSA) is 88.8 Å². The zero-order valence-corrected chi connectivity index (χ0v) is 10.4. The summed E-state index contributed by atoms with van der Waals surface area (Å²) >= 11 is 0. The Hall–Kier alpha value is -2.21. The summed E-state index contributed by atoms with van der Waals surface area (Å²) in [6, 6.07) is 5.94. The monoisotopic (exact) mass is 244 g/mol. The van der Waals surface area contributed by atoms with Gasteiger partial charge in [-0.15, -0.1) is 0 Å². The SMILES string of the molecule is Cc1cc(NC(C)c2ccncc2)nc(NN)n1. The third kappa shape index (κ3) is 2.92. The Morgan fingerprint density at radius 2 is 1.94 bits per heavy atom. The van der Waals surface area contributed by atoms with Gasteiger partial charge in [0.05, 0.1) is 6.04 Å². The summed E-state index contributed by atoms with van der Waals surface area (Å²) in [6.45, 7) is 3.95. The molecule has 2 heterocycles. The number of hydrazine groups is 1. The molecule has 0 radical (unpaired) electrons. The van der Waals surface area contributed by atoms with E-state index in [-0.39, 0.29) is 6.04 Å². The Kier molecular flexibility index (Phi) is 3.69. The number of nitrogens with one attached hydrogen (secondary N) is 2. The third-order valence-corrected chi connectivity index (χ3v) is 2.55. The molecule has 6 heteroatoms. The highest BCUT2D eigenvalue weighted by atomic mass is 15.3. The molecule has 0 saturated carbocycles. The van der Waals surface area contributed by atoms with E-state index in [2.05, 4.69) is 32.6 Å². The molecule has 2 rings (SSSR count). The van der Waals surface area contributed by atoms with Gasteiger partial charge in [-0.2, -0.15) is 4.98 Å². The first-order valence-corrected chi connectivity index (χ1v) is 5.68. The van der Waals surface area contributed by atoms with E-state index >= 15 is 0 Å². The van der Waals surface area contributed by atoms with Crippen LogP contribution in [0.1, 0.15) is 24.2 Å². The summed E-state index contributed by atoms with van der Waals surface area (Å²) in [5, 5.41) is 3.30. The molecular weight excluding hydrogens is 228 g/mol. The van der Waals surface area contributed by atoms with Crippen LogP contribution in [0, 0.1) is 6.92 Å². The van der Waals surface area contributed by atoms with Crippen molar-refractivity contribution in [3.63, 3.8) is 0 Å². The molecule has 0 aromatic carbocycles. The number of anilines is 2. The lowest BCUT2D eigenvalue weighted by atomic mass is 10.1. The highest BCUT2D eigenvalue weighted by molar-refractivity contribution is 5.43. The summed E-state index contributed by atoms with van der Waals surface area (Å²) in [6.07, 6.45) is 3.54. The van der Waals surface area contributed by atoms with Gasteiger partial charge in [0, 0.05) is 24.2 Å². The van der Waals surface area contributed by atoms with Gasteiger partial charge in [-0.1, -0.05) is 0 Å². The number of rotatable bonds is 4. The predicted octanol–water partition coefficient (Wildman–Crippen LogP) is 1.64. The van der Waals surface area contributed by atoms with Crippen molar-refractivity contribution in [1.82, 2.24) is 15.0 Å². The zero-order valence-electron chi connectivity index (χ0n) is 10.4. The molecular formula is C12H16N6. The van der Waals surface area contributed by atoms with Gasteiger partial charge in [-0.3, -0.25) is 10.4 Å². The van der Waals surface area contributed by atoms with Crippen LogP contribution in [-0.2, 0) is 0 Å². The first-order valence-electron chi connectivity index (χ1n) is 5.68. The minimum absolute atomic E-state index is 0.132. The highest BCUT2D eigenvalue weighted by Gasteiger charge is 2.07. The standard InChI is InChI=1S/C12H16N6/c1-8-7-11(17-12(15-8)18-13)16-9(2)10-3-5-14-6-4-10/h3-7,9H,13H2,1-2H3,(H2,15,16,17,18). The maximum atomic E-state index is 5.32. The van der Waals surface area contributed by atoms with E-state index in [0.717, 1.165) is 17.1 Å². The Bertz CT molecular complexity index is 513. The molecule has 1 unspecified atom stereocenters. The van der Waals surface area contributed by atoms with E-state index in [9.17, 15) is 0 Å². The Morgan fingerprint density at radius 3 is 2.61 bits per heavy atom. The van der Waals surface area contributed by atoms with Crippen molar-refractivity contribution < 1.29 is 0 Å². The zero-order chi connectivity index (χ0) is 13.0. The maximum absolute atomic E-state index is 5.32. The van der Waals surface area contributed by atoms with Crippen molar-refractivity contribution >= 4 is 11.8 Å². The van der Waals surface area contributed by atoms with E-state index in [1.165, 1.54) is 0 Å². The van der Waals surface area contributed by atoms with E-state index in [0.29, 0.717) is 5.95 Å². The van der Waals surface area contributed by atoms with Gasteiger partial charge in [-0.05, 0) is 31.5 Å². The number of aryl methyl sites for hydroxylation is 1. The van der Waals surface area contributed by atoms with Gasteiger partial charge in [0.15, 0.2) is 0 Å². The van der Waals surface area contributed by atoms with Crippen LogP contribution < -0.4 is 16.6 Å². The summed E-state index contributed by atoms with van der Waals surface area (Å²) in [5.41, 5.74) is 4.44. The molecule has 0 amide bonds. The van der Waals surface area contributed by atoms with Gasteiger partial charge in [-0.25, -0.2) is 10.8 Å². The number of aromatic nitrogens is 3. The maximum Gasteiger partial charge on any atom is 0.239 e. The average Bonchev–Trinajstić information content (AvgIpc) is 2.39. The molecule has 0 saturated heterocycles. The van der Waals surface area contributed by atoms with Crippen molar-refractivity contribution in [3.8, 4) is 0 Å². The van der Waals surface area contributed by atoms with E-state index in [4.69, 9.17) is 5.84 Å². The van der Waals surface area contributed by atoms with Gasteiger partial charge in [0.1, 0.15) is 5.82 Å². The molecule has 0 aliphatic heterocycles. The average molecular weight is 244 g/mol. The summed E-state index contributed by atoms with van der Waals surface area (Å²) in [7, 11) is 0. The van der Waals surface area contributed by atoms with Crippen LogP contribution in [0.15, 0.2) is 30.6 Å². The second kappa shape index (κ2) is 5.42. The molecule has 94 valence electrons. The summed E-state index contributed by atoms with van der Waals surface area (Å²) in [5.74, 6) is 6.46. The van der Waals surface area contributed by atoms with Crippen molar-refractivity contribution in [2.75, 3.05) is 10.7 Å². The normalized spacial score (nSPS) is 11.9. The van der Waals surface area contributed by atoms with Crippen molar-refractivity contribution in [2.45, 2.75) is 19.9 Å². The molecule has 6 nitrogen and oxygen atoms in total. The van der Waals surface area contributed by atoms with Crippen LogP contribution in [0.4, 0.5) is 11.8 Å². The summed E-state index contributed by atoms with van der Waals surface area (Å²) < 4.78 is 0. The lowest BCUT2D eigenvalue weighted by molar-refractivity contribution is 0.866.